The van der Waals surface area contributed by atoms with Crippen molar-refractivity contribution in [1.82, 2.24) is 5.32 Å². The Labute approximate surface area is 89.6 Å². The Morgan fingerprint density at radius 1 is 1.60 bits per heavy atom. The third kappa shape index (κ3) is 3.75. The first-order valence-corrected chi connectivity index (χ1v) is 5.20. The summed E-state index contributed by atoms with van der Waals surface area (Å²) >= 11 is 0. The van der Waals surface area contributed by atoms with Gasteiger partial charge in [-0.25, -0.2) is 0 Å². The van der Waals surface area contributed by atoms with Crippen LogP contribution < -0.4 is 5.32 Å². The fraction of sp³-hybridized carbons (Fsp3) is 0.545. The maximum Gasteiger partial charge on any atom is 0.319 e. The highest BCUT2D eigenvalue weighted by Crippen LogP contribution is 2.16. The largest absolute Gasteiger partial charge is 0.468 e. The first-order chi connectivity index (χ1) is 7.27. The summed E-state index contributed by atoms with van der Waals surface area (Å²) < 4.78 is 10.1. The van der Waals surface area contributed by atoms with E-state index in [0.717, 1.165) is 12.2 Å². The molecule has 0 aromatic carbocycles. The number of carbonyl (C=O) groups is 1. The van der Waals surface area contributed by atoms with Gasteiger partial charge in [0.25, 0.3) is 0 Å². The topological polar surface area (TPSA) is 51.5 Å². The second kappa shape index (κ2) is 6.24. The molecule has 0 aliphatic rings. The maximum absolute atomic E-state index is 11.1. The molecule has 15 heavy (non-hydrogen) atoms. The predicted molar refractivity (Wildman–Crippen MR) is 56.4 cm³/mol. The van der Waals surface area contributed by atoms with Crippen LogP contribution in [0.4, 0.5) is 0 Å². The monoisotopic (exact) mass is 211 g/mol. The highest BCUT2D eigenvalue weighted by atomic mass is 16.5. The number of furan rings is 1. The second-order valence-corrected chi connectivity index (χ2v) is 3.16. The normalized spacial score (nSPS) is 12.4. The number of esters is 1. The minimum absolute atomic E-state index is 0.0735. The van der Waals surface area contributed by atoms with E-state index in [2.05, 4.69) is 5.32 Å². The Hall–Kier alpha value is -1.29. The molecule has 0 amide bonds. The highest BCUT2D eigenvalue weighted by molar-refractivity contribution is 5.71. The minimum Gasteiger partial charge on any atom is -0.468 e. The zero-order chi connectivity index (χ0) is 11.1. The summed E-state index contributed by atoms with van der Waals surface area (Å²) in [6, 6.07) is 3.81. The van der Waals surface area contributed by atoms with Crippen molar-refractivity contribution in [2.75, 3.05) is 13.2 Å². The number of ether oxygens (including phenoxy) is 1. The van der Waals surface area contributed by atoms with Crippen LogP contribution in [0.1, 0.15) is 32.1 Å². The summed E-state index contributed by atoms with van der Waals surface area (Å²) in [7, 11) is 0. The van der Waals surface area contributed by atoms with Crippen LogP contribution in [-0.4, -0.2) is 19.1 Å². The highest BCUT2D eigenvalue weighted by Gasteiger charge is 2.13. The lowest BCUT2D eigenvalue weighted by Crippen LogP contribution is -2.28. The van der Waals surface area contributed by atoms with E-state index in [1.54, 1.807) is 13.2 Å². The molecule has 84 valence electrons. The van der Waals surface area contributed by atoms with Crippen molar-refractivity contribution >= 4 is 5.97 Å². The standard InChI is InChI=1S/C11H17NO3/c1-3-9(10-6-5-7-15-10)12-8-11(13)14-4-2/h5-7,9,12H,3-4,8H2,1-2H3. The lowest BCUT2D eigenvalue weighted by Gasteiger charge is -2.13. The lowest BCUT2D eigenvalue weighted by atomic mass is 10.2. The molecule has 1 aromatic rings. The first kappa shape index (κ1) is 11.8. The smallest absolute Gasteiger partial charge is 0.319 e. The fourth-order valence-corrected chi connectivity index (χ4v) is 1.35. The summed E-state index contributed by atoms with van der Waals surface area (Å²) in [5, 5.41) is 3.09. The summed E-state index contributed by atoms with van der Waals surface area (Å²) in [6.45, 7) is 4.46. The van der Waals surface area contributed by atoms with Crippen molar-refractivity contribution in [1.29, 1.82) is 0 Å². The van der Waals surface area contributed by atoms with Gasteiger partial charge in [0.2, 0.25) is 0 Å². The molecule has 1 unspecified atom stereocenters. The number of rotatable bonds is 6. The van der Waals surface area contributed by atoms with Gasteiger partial charge in [0.05, 0.1) is 25.5 Å². The molecular weight excluding hydrogens is 194 g/mol. The third-order valence-electron chi connectivity index (χ3n) is 2.09. The number of nitrogens with one attached hydrogen (secondary N) is 1. The molecule has 0 saturated carbocycles. The molecule has 0 spiro atoms. The van der Waals surface area contributed by atoms with Crippen LogP contribution >= 0.6 is 0 Å². The van der Waals surface area contributed by atoms with E-state index in [4.69, 9.17) is 9.15 Å². The van der Waals surface area contributed by atoms with E-state index in [9.17, 15) is 4.79 Å². The molecule has 4 heteroatoms. The molecule has 1 N–H and O–H groups in total. The second-order valence-electron chi connectivity index (χ2n) is 3.16. The zero-order valence-corrected chi connectivity index (χ0v) is 9.16. The van der Waals surface area contributed by atoms with Gasteiger partial charge in [0, 0.05) is 0 Å². The first-order valence-electron chi connectivity index (χ1n) is 5.20. The van der Waals surface area contributed by atoms with E-state index in [-0.39, 0.29) is 18.6 Å². The Kier molecular flexibility index (Phi) is 4.90. The van der Waals surface area contributed by atoms with E-state index in [1.165, 1.54) is 0 Å². The molecule has 1 atom stereocenters. The van der Waals surface area contributed by atoms with E-state index in [0.29, 0.717) is 6.61 Å². The minimum atomic E-state index is -0.234. The van der Waals surface area contributed by atoms with Crippen molar-refractivity contribution in [3.63, 3.8) is 0 Å². The Bertz CT molecular complexity index is 282. The predicted octanol–water partition coefficient (Wildman–Crippen LogP) is 1.88. The van der Waals surface area contributed by atoms with Crippen LogP contribution in [0.15, 0.2) is 22.8 Å². The molecule has 1 rings (SSSR count). The average Bonchev–Trinajstić information content (AvgIpc) is 2.72. The van der Waals surface area contributed by atoms with Crippen molar-refractivity contribution < 1.29 is 13.9 Å². The Morgan fingerprint density at radius 2 is 2.40 bits per heavy atom. The van der Waals surface area contributed by atoms with Crippen molar-refractivity contribution in [3.05, 3.63) is 24.2 Å². The SMILES string of the molecule is CCOC(=O)CNC(CC)c1ccco1. The fourth-order valence-electron chi connectivity index (χ4n) is 1.35. The van der Waals surface area contributed by atoms with Gasteiger partial charge in [0.1, 0.15) is 5.76 Å². The number of hydrogen-bond donors (Lipinski definition) is 1. The van der Waals surface area contributed by atoms with Gasteiger partial charge in [0.15, 0.2) is 0 Å². The molecule has 0 aliphatic heterocycles. The summed E-state index contributed by atoms with van der Waals surface area (Å²) in [5.74, 6) is 0.615. The van der Waals surface area contributed by atoms with Crippen LogP contribution in [-0.2, 0) is 9.53 Å². The quantitative estimate of drug-likeness (QED) is 0.730. The molecular formula is C11H17NO3. The van der Waals surface area contributed by atoms with Crippen LogP contribution in [0, 0.1) is 0 Å². The molecule has 1 heterocycles. The van der Waals surface area contributed by atoms with Gasteiger partial charge in [-0.05, 0) is 25.5 Å². The third-order valence-corrected chi connectivity index (χ3v) is 2.09. The molecule has 4 nitrogen and oxygen atoms in total. The Morgan fingerprint density at radius 3 is 2.93 bits per heavy atom. The molecule has 0 aliphatic carbocycles. The lowest BCUT2D eigenvalue weighted by molar-refractivity contribution is -0.142. The van der Waals surface area contributed by atoms with Gasteiger partial charge in [-0.15, -0.1) is 0 Å². The van der Waals surface area contributed by atoms with Crippen molar-refractivity contribution in [3.8, 4) is 0 Å². The van der Waals surface area contributed by atoms with Gasteiger partial charge in [-0.2, -0.15) is 0 Å². The van der Waals surface area contributed by atoms with E-state index in [1.807, 2.05) is 19.1 Å². The van der Waals surface area contributed by atoms with Crippen molar-refractivity contribution in [2.45, 2.75) is 26.3 Å². The van der Waals surface area contributed by atoms with Gasteiger partial charge in [-0.1, -0.05) is 6.92 Å². The number of carbonyl (C=O) groups excluding carboxylic acids is 1. The van der Waals surface area contributed by atoms with E-state index < -0.39 is 0 Å². The number of hydrogen-bond acceptors (Lipinski definition) is 4. The van der Waals surface area contributed by atoms with Gasteiger partial charge >= 0.3 is 5.97 Å². The van der Waals surface area contributed by atoms with Crippen molar-refractivity contribution in [2.24, 2.45) is 0 Å². The molecule has 0 fully saturated rings. The molecule has 0 radical (unpaired) electrons. The summed E-state index contributed by atoms with van der Waals surface area (Å²) in [4.78, 5) is 11.1. The molecule has 0 bridgehead atoms. The summed E-state index contributed by atoms with van der Waals surface area (Å²) in [5.41, 5.74) is 0. The van der Waals surface area contributed by atoms with Crippen LogP contribution in [0.3, 0.4) is 0 Å². The Balaban J connectivity index is 2.38. The summed E-state index contributed by atoms with van der Waals surface area (Å²) in [6.07, 6.45) is 2.50. The van der Waals surface area contributed by atoms with Gasteiger partial charge < -0.3 is 9.15 Å². The van der Waals surface area contributed by atoms with Crippen LogP contribution in [0.25, 0.3) is 0 Å². The molecule has 1 aromatic heterocycles. The van der Waals surface area contributed by atoms with E-state index >= 15 is 0 Å². The average molecular weight is 211 g/mol. The maximum atomic E-state index is 11.1. The van der Waals surface area contributed by atoms with Crippen LogP contribution in [0.5, 0.6) is 0 Å². The molecule has 0 saturated heterocycles. The van der Waals surface area contributed by atoms with Gasteiger partial charge in [-0.3, -0.25) is 10.1 Å². The van der Waals surface area contributed by atoms with Crippen LogP contribution in [0.2, 0.25) is 0 Å². The zero-order valence-electron chi connectivity index (χ0n) is 9.16.